The molecule has 1 rings (SSSR count). The second-order valence-electron chi connectivity index (χ2n) is 4.26. The lowest BCUT2D eigenvalue weighted by Gasteiger charge is -2.36. The summed E-state index contributed by atoms with van der Waals surface area (Å²) in [5.74, 6) is -0.898. The number of carbonyl (C=O) groups excluding carboxylic acids is 1. The largest absolute Gasteiger partial charge is 0.481 e. The number of aliphatic carboxylic acids is 1. The van der Waals surface area contributed by atoms with Gasteiger partial charge < -0.3 is 20.1 Å². The van der Waals surface area contributed by atoms with Crippen molar-refractivity contribution in [3.8, 4) is 0 Å². The van der Waals surface area contributed by atoms with Crippen LogP contribution in [0.25, 0.3) is 0 Å². The zero-order valence-corrected chi connectivity index (χ0v) is 10.3. The van der Waals surface area contributed by atoms with Crippen molar-refractivity contribution in [2.24, 2.45) is 0 Å². The van der Waals surface area contributed by atoms with Gasteiger partial charge in [-0.05, 0) is 19.8 Å². The van der Waals surface area contributed by atoms with Gasteiger partial charge in [0.05, 0.1) is 12.5 Å². The number of ether oxygens (including phenoxy) is 1. The standard InChI is InChI=1S/C11H20N2O4/c1-3-17-9-6-8(7-9)12-11(16)13(2)5-4-10(14)15/h8-9H,3-7H2,1-2H3,(H,12,16)(H,14,15). The van der Waals surface area contributed by atoms with Crippen molar-refractivity contribution in [2.75, 3.05) is 20.2 Å². The fraction of sp³-hybridized carbons (Fsp3) is 0.818. The van der Waals surface area contributed by atoms with Crippen LogP contribution in [-0.2, 0) is 9.53 Å². The number of rotatable bonds is 6. The molecule has 6 heteroatoms. The Kier molecular flexibility index (Phi) is 5.21. The fourth-order valence-electron chi connectivity index (χ4n) is 1.70. The van der Waals surface area contributed by atoms with Gasteiger partial charge in [-0.3, -0.25) is 4.79 Å². The maximum Gasteiger partial charge on any atom is 0.317 e. The molecule has 0 unspecified atom stereocenters. The highest BCUT2D eigenvalue weighted by Crippen LogP contribution is 2.23. The zero-order chi connectivity index (χ0) is 12.8. The van der Waals surface area contributed by atoms with E-state index in [4.69, 9.17) is 9.84 Å². The summed E-state index contributed by atoms with van der Waals surface area (Å²) < 4.78 is 5.39. The molecule has 2 amide bonds. The molecular formula is C11H20N2O4. The average Bonchev–Trinajstić information content (AvgIpc) is 2.22. The van der Waals surface area contributed by atoms with Crippen LogP contribution in [0.15, 0.2) is 0 Å². The van der Waals surface area contributed by atoms with E-state index in [1.54, 1.807) is 7.05 Å². The summed E-state index contributed by atoms with van der Waals surface area (Å²) in [6.07, 6.45) is 1.91. The van der Waals surface area contributed by atoms with Crippen molar-refractivity contribution in [1.29, 1.82) is 0 Å². The smallest absolute Gasteiger partial charge is 0.317 e. The molecule has 0 aromatic carbocycles. The normalized spacial score (nSPS) is 22.7. The second kappa shape index (κ2) is 6.44. The Bertz CT molecular complexity index is 277. The lowest BCUT2D eigenvalue weighted by Crippen LogP contribution is -2.51. The second-order valence-corrected chi connectivity index (χ2v) is 4.26. The first-order valence-electron chi connectivity index (χ1n) is 5.88. The summed E-state index contributed by atoms with van der Waals surface area (Å²) >= 11 is 0. The molecule has 0 saturated heterocycles. The Balaban J connectivity index is 2.15. The predicted molar refractivity (Wildman–Crippen MR) is 61.9 cm³/mol. The van der Waals surface area contributed by atoms with Crippen molar-refractivity contribution in [3.05, 3.63) is 0 Å². The molecule has 0 aromatic heterocycles. The molecule has 98 valence electrons. The van der Waals surface area contributed by atoms with E-state index in [0.717, 1.165) is 12.8 Å². The van der Waals surface area contributed by atoms with Crippen LogP contribution in [0.5, 0.6) is 0 Å². The van der Waals surface area contributed by atoms with Crippen LogP contribution < -0.4 is 5.32 Å². The third-order valence-electron chi connectivity index (χ3n) is 2.83. The topological polar surface area (TPSA) is 78.9 Å². The molecule has 17 heavy (non-hydrogen) atoms. The molecule has 1 aliphatic rings. The number of amides is 2. The number of urea groups is 1. The quantitative estimate of drug-likeness (QED) is 0.719. The molecule has 0 aliphatic heterocycles. The van der Waals surface area contributed by atoms with Crippen molar-refractivity contribution in [1.82, 2.24) is 10.2 Å². The highest BCUT2D eigenvalue weighted by molar-refractivity contribution is 5.75. The first-order chi connectivity index (χ1) is 8.02. The summed E-state index contributed by atoms with van der Waals surface area (Å²) in [6.45, 7) is 2.87. The number of carbonyl (C=O) groups is 2. The number of carboxylic acids is 1. The van der Waals surface area contributed by atoms with Gasteiger partial charge in [-0.25, -0.2) is 4.79 Å². The summed E-state index contributed by atoms with van der Waals surface area (Å²) in [4.78, 5) is 23.4. The van der Waals surface area contributed by atoms with Crippen LogP contribution in [0.4, 0.5) is 4.79 Å². The van der Waals surface area contributed by atoms with Gasteiger partial charge >= 0.3 is 12.0 Å². The molecule has 0 radical (unpaired) electrons. The molecule has 1 fully saturated rings. The van der Waals surface area contributed by atoms with E-state index in [-0.39, 0.29) is 31.1 Å². The monoisotopic (exact) mass is 244 g/mol. The lowest BCUT2D eigenvalue weighted by atomic mass is 9.89. The van der Waals surface area contributed by atoms with E-state index in [1.165, 1.54) is 4.90 Å². The van der Waals surface area contributed by atoms with Gasteiger partial charge in [0.15, 0.2) is 0 Å². The molecule has 1 aliphatic carbocycles. The van der Waals surface area contributed by atoms with Gasteiger partial charge in [-0.15, -0.1) is 0 Å². The predicted octanol–water partition coefficient (Wildman–Crippen LogP) is 0.670. The molecule has 1 saturated carbocycles. The molecular weight excluding hydrogens is 224 g/mol. The minimum atomic E-state index is -0.898. The Labute approximate surface area is 101 Å². The van der Waals surface area contributed by atoms with Crippen LogP contribution in [-0.4, -0.2) is 54.4 Å². The van der Waals surface area contributed by atoms with Gasteiger partial charge in [0.25, 0.3) is 0 Å². The van der Waals surface area contributed by atoms with E-state index in [2.05, 4.69) is 5.32 Å². The molecule has 0 heterocycles. The van der Waals surface area contributed by atoms with Crippen LogP contribution >= 0.6 is 0 Å². The minimum Gasteiger partial charge on any atom is -0.481 e. The van der Waals surface area contributed by atoms with Crippen LogP contribution in [0, 0.1) is 0 Å². The van der Waals surface area contributed by atoms with E-state index in [1.807, 2.05) is 6.92 Å². The third kappa shape index (κ3) is 4.60. The van der Waals surface area contributed by atoms with Gasteiger partial charge in [0.2, 0.25) is 0 Å². The minimum absolute atomic E-state index is 0.0316. The van der Waals surface area contributed by atoms with Crippen LogP contribution in [0.2, 0.25) is 0 Å². The molecule has 0 aromatic rings. The van der Waals surface area contributed by atoms with Crippen molar-refractivity contribution in [3.63, 3.8) is 0 Å². The Morgan fingerprint density at radius 2 is 2.12 bits per heavy atom. The third-order valence-corrected chi connectivity index (χ3v) is 2.83. The SMILES string of the molecule is CCOC1CC(NC(=O)N(C)CCC(=O)O)C1. The van der Waals surface area contributed by atoms with Crippen molar-refractivity contribution < 1.29 is 19.4 Å². The number of hydrogen-bond acceptors (Lipinski definition) is 3. The number of carboxylic acid groups (broad SMARTS) is 1. The van der Waals surface area contributed by atoms with E-state index in [9.17, 15) is 9.59 Å². The van der Waals surface area contributed by atoms with E-state index in [0.29, 0.717) is 6.61 Å². The number of nitrogens with one attached hydrogen (secondary N) is 1. The van der Waals surface area contributed by atoms with Gasteiger partial charge in [0.1, 0.15) is 0 Å². The fourth-order valence-corrected chi connectivity index (χ4v) is 1.70. The summed E-state index contributed by atoms with van der Waals surface area (Å²) in [7, 11) is 1.59. The molecule has 0 spiro atoms. The van der Waals surface area contributed by atoms with E-state index < -0.39 is 5.97 Å². The van der Waals surface area contributed by atoms with Gasteiger partial charge in [-0.1, -0.05) is 0 Å². The first-order valence-corrected chi connectivity index (χ1v) is 5.88. The number of nitrogens with zero attached hydrogens (tertiary/aromatic N) is 1. The van der Waals surface area contributed by atoms with E-state index >= 15 is 0 Å². The molecule has 2 N–H and O–H groups in total. The van der Waals surface area contributed by atoms with Crippen LogP contribution in [0.3, 0.4) is 0 Å². The first kappa shape index (κ1) is 13.8. The Morgan fingerprint density at radius 3 is 2.65 bits per heavy atom. The number of hydrogen-bond donors (Lipinski definition) is 2. The van der Waals surface area contributed by atoms with Crippen LogP contribution in [0.1, 0.15) is 26.2 Å². The average molecular weight is 244 g/mol. The maximum atomic E-state index is 11.6. The van der Waals surface area contributed by atoms with Crippen molar-refractivity contribution >= 4 is 12.0 Å². The summed E-state index contributed by atoms with van der Waals surface area (Å²) in [6, 6.07) is -0.0578. The van der Waals surface area contributed by atoms with Gasteiger partial charge in [0, 0.05) is 26.2 Å². The molecule has 6 nitrogen and oxygen atoms in total. The summed E-state index contributed by atoms with van der Waals surface area (Å²) in [5, 5.41) is 11.3. The van der Waals surface area contributed by atoms with Crippen molar-refractivity contribution in [2.45, 2.75) is 38.3 Å². The maximum absolute atomic E-state index is 11.6. The lowest BCUT2D eigenvalue weighted by molar-refractivity contribution is -0.137. The Morgan fingerprint density at radius 1 is 1.47 bits per heavy atom. The Hall–Kier alpha value is -1.30. The zero-order valence-electron chi connectivity index (χ0n) is 10.3. The van der Waals surface area contributed by atoms with Gasteiger partial charge in [-0.2, -0.15) is 0 Å². The highest BCUT2D eigenvalue weighted by atomic mass is 16.5. The molecule has 0 bridgehead atoms. The molecule has 0 atom stereocenters. The summed E-state index contributed by atoms with van der Waals surface area (Å²) in [5.41, 5.74) is 0. The highest BCUT2D eigenvalue weighted by Gasteiger charge is 2.31.